The SMILES string of the molecule is NC(=[NH2+])c1ccc(-c2cc(Cl)c(-c3ccc(C(N)=[NH2+])cc3)o2)cc1.[Cl-].[Cl-]. The predicted molar refractivity (Wildman–Crippen MR) is 95.0 cm³/mol. The maximum absolute atomic E-state index is 6.32. The van der Waals surface area contributed by atoms with Gasteiger partial charge in [-0.05, 0) is 24.3 Å². The first-order valence-corrected chi connectivity index (χ1v) is 7.60. The highest BCUT2D eigenvalue weighted by atomic mass is 35.5. The topological polar surface area (TPSA) is 116 Å². The van der Waals surface area contributed by atoms with Gasteiger partial charge in [-0.3, -0.25) is 22.3 Å². The summed E-state index contributed by atoms with van der Waals surface area (Å²) in [6.45, 7) is 0. The van der Waals surface area contributed by atoms with E-state index in [2.05, 4.69) is 0 Å². The molecule has 5 nitrogen and oxygen atoms in total. The fraction of sp³-hybridized carbons (Fsp3) is 0. The van der Waals surface area contributed by atoms with Crippen molar-refractivity contribution in [3.63, 3.8) is 0 Å². The third kappa shape index (κ3) is 4.38. The van der Waals surface area contributed by atoms with Gasteiger partial charge in [-0.15, -0.1) is 0 Å². The van der Waals surface area contributed by atoms with Crippen LogP contribution >= 0.6 is 11.6 Å². The van der Waals surface area contributed by atoms with E-state index in [0.29, 0.717) is 16.5 Å². The van der Waals surface area contributed by atoms with Gasteiger partial charge in [-0.1, -0.05) is 35.9 Å². The molecule has 3 rings (SSSR count). The van der Waals surface area contributed by atoms with Crippen molar-refractivity contribution in [1.82, 2.24) is 0 Å². The molecule has 3 aromatic rings. The third-order valence-electron chi connectivity index (χ3n) is 3.67. The number of hydrogen-bond acceptors (Lipinski definition) is 1. The number of benzene rings is 2. The lowest BCUT2D eigenvalue weighted by Gasteiger charge is -2.00. The molecule has 136 valence electrons. The molecule has 1 aromatic heterocycles. The van der Waals surface area contributed by atoms with E-state index in [1.165, 1.54) is 0 Å². The smallest absolute Gasteiger partial charge is 0.270 e. The van der Waals surface area contributed by atoms with E-state index in [4.69, 9.17) is 38.3 Å². The summed E-state index contributed by atoms with van der Waals surface area (Å²) >= 11 is 6.32. The lowest BCUT2D eigenvalue weighted by molar-refractivity contribution is -0.115. The Balaban J connectivity index is 0.00000169. The summed E-state index contributed by atoms with van der Waals surface area (Å²) in [4.78, 5) is 0. The minimum Gasteiger partial charge on any atom is -1.00 e. The van der Waals surface area contributed by atoms with Crippen LogP contribution < -0.4 is 47.1 Å². The fourth-order valence-electron chi connectivity index (χ4n) is 2.35. The summed E-state index contributed by atoms with van der Waals surface area (Å²) in [5.74, 6) is 1.79. The molecule has 8 N–H and O–H groups in total. The molecule has 0 amide bonds. The van der Waals surface area contributed by atoms with Crippen LogP contribution in [0.2, 0.25) is 5.02 Å². The molecule has 0 unspecified atom stereocenters. The van der Waals surface area contributed by atoms with Crippen LogP contribution in [0.3, 0.4) is 0 Å². The number of rotatable bonds is 4. The van der Waals surface area contributed by atoms with E-state index in [9.17, 15) is 0 Å². The summed E-state index contributed by atoms with van der Waals surface area (Å²) < 4.78 is 5.92. The van der Waals surface area contributed by atoms with Crippen LogP contribution in [0.1, 0.15) is 11.1 Å². The molecular formula is C18H17Cl3N4O. The molecule has 0 bridgehead atoms. The lowest BCUT2D eigenvalue weighted by Crippen LogP contribution is -3.00. The first-order valence-electron chi connectivity index (χ1n) is 7.22. The van der Waals surface area contributed by atoms with E-state index in [1.807, 2.05) is 48.5 Å². The average molecular weight is 412 g/mol. The first kappa shape index (κ1) is 21.6. The van der Waals surface area contributed by atoms with Gasteiger partial charge in [0.15, 0.2) is 5.76 Å². The van der Waals surface area contributed by atoms with Gasteiger partial charge >= 0.3 is 0 Å². The van der Waals surface area contributed by atoms with E-state index in [1.54, 1.807) is 6.07 Å². The van der Waals surface area contributed by atoms with Crippen molar-refractivity contribution in [3.05, 3.63) is 70.7 Å². The Bertz CT molecular complexity index is 919. The van der Waals surface area contributed by atoms with Crippen LogP contribution in [-0.2, 0) is 0 Å². The van der Waals surface area contributed by atoms with E-state index < -0.39 is 0 Å². The molecule has 0 radical (unpaired) electrons. The fourth-order valence-corrected chi connectivity index (χ4v) is 2.60. The van der Waals surface area contributed by atoms with Gasteiger partial charge < -0.3 is 29.2 Å². The Morgan fingerprint density at radius 3 is 1.62 bits per heavy atom. The van der Waals surface area contributed by atoms with E-state index in [0.717, 1.165) is 22.3 Å². The molecule has 0 fully saturated rings. The second-order valence-corrected chi connectivity index (χ2v) is 5.76. The number of hydrogen-bond donors (Lipinski definition) is 4. The summed E-state index contributed by atoms with van der Waals surface area (Å²) in [7, 11) is 0. The van der Waals surface area contributed by atoms with Gasteiger partial charge in [0.25, 0.3) is 11.7 Å². The van der Waals surface area contributed by atoms with Crippen molar-refractivity contribution in [2.45, 2.75) is 0 Å². The van der Waals surface area contributed by atoms with Crippen LogP contribution in [0, 0.1) is 0 Å². The van der Waals surface area contributed by atoms with E-state index >= 15 is 0 Å². The van der Waals surface area contributed by atoms with Crippen molar-refractivity contribution in [1.29, 1.82) is 0 Å². The maximum atomic E-state index is 6.32. The minimum absolute atomic E-state index is 0. The normalized spacial score (nSPS) is 9.73. The van der Waals surface area contributed by atoms with Crippen LogP contribution in [0.25, 0.3) is 22.6 Å². The summed E-state index contributed by atoms with van der Waals surface area (Å²) in [5.41, 5.74) is 14.4. The van der Waals surface area contributed by atoms with E-state index in [-0.39, 0.29) is 36.5 Å². The molecule has 1 heterocycles. The molecule has 0 aliphatic carbocycles. The molecule has 26 heavy (non-hydrogen) atoms. The largest absolute Gasteiger partial charge is 1.00 e. The second-order valence-electron chi connectivity index (χ2n) is 5.35. The third-order valence-corrected chi connectivity index (χ3v) is 3.95. The van der Waals surface area contributed by atoms with Crippen molar-refractivity contribution in [3.8, 4) is 22.6 Å². The van der Waals surface area contributed by atoms with Gasteiger partial charge in [-0.25, -0.2) is 0 Å². The lowest BCUT2D eigenvalue weighted by atomic mass is 10.1. The number of furan rings is 1. The summed E-state index contributed by atoms with van der Waals surface area (Å²) in [6, 6.07) is 16.5. The average Bonchev–Trinajstić information content (AvgIpc) is 2.97. The molecule has 2 aromatic carbocycles. The van der Waals surface area contributed by atoms with Crippen molar-refractivity contribution in [2.24, 2.45) is 11.5 Å². The monoisotopic (exact) mass is 410 g/mol. The van der Waals surface area contributed by atoms with Crippen LogP contribution in [0.5, 0.6) is 0 Å². The highest BCUT2D eigenvalue weighted by molar-refractivity contribution is 6.33. The molecule has 0 saturated carbocycles. The quantitative estimate of drug-likeness (QED) is 0.253. The van der Waals surface area contributed by atoms with Gasteiger partial charge in [0.1, 0.15) is 5.76 Å². The van der Waals surface area contributed by atoms with Crippen molar-refractivity contribution >= 4 is 23.3 Å². The van der Waals surface area contributed by atoms with Crippen LogP contribution in [0.15, 0.2) is 59.0 Å². The number of amidine groups is 2. The van der Waals surface area contributed by atoms with Crippen molar-refractivity contribution in [2.75, 3.05) is 0 Å². The molecule has 8 heteroatoms. The zero-order valence-corrected chi connectivity index (χ0v) is 15.8. The zero-order valence-electron chi connectivity index (χ0n) is 13.5. The first-order chi connectivity index (χ1) is 11.5. The molecule has 0 aliphatic rings. The Kier molecular flexibility index (Phi) is 7.27. The molecule has 0 atom stereocenters. The summed E-state index contributed by atoms with van der Waals surface area (Å²) in [6.07, 6.45) is 0. The summed E-state index contributed by atoms with van der Waals surface area (Å²) in [5, 5.41) is 11.7. The number of nitrogens with two attached hydrogens (primary N) is 4. The van der Waals surface area contributed by atoms with Gasteiger partial charge in [0, 0.05) is 17.2 Å². The van der Waals surface area contributed by atoms with Crippen LogP contribution in [-0.4, -0.2) is 11.7 Å². The maximum Gasteiger partial charge on any atom is 0.270 e. The Labute approximate surface area is 168 Å². The molecule has 0 aliphatic heterocycles. The molecule has 0 saturated heterocycles. The predicted octanol–water partition coefficient (Wildman–Crippen LogP) is -5.80. The van der Waals surface area contributed by atoms with Gasteiger partial charge in [0.05, 0.1) is 16.1 Å². The Morgan fingerprint density at radius 1 is 0.769 bits per heavy atom. The minimum atomic E-state index is 0. The van der Waals surface area contributed by atoms with Gasteiger partial charge in [-0.2, -0.15) is 0 Å². The Morgan fingerprint density at radius 2 is 1.19 bits per heavy atom. The second kappa shape index (κ2) is 8.76. The Hall–Kier alpha value is -2.47. The van der Waals surface area contributed by atoms with Crippen molar-refractivity contribution < 1.29 is 40.0 Å². The highest BCUT2D eigenvalue weighted by Crippen LogP contribution is 2.35. The number of halogens is 3. The molecule has 0 spiro atoms. The zero-order chi connectivity index (χ0) is 17.3. The highest BCUT2D eigenvalue weighted by Gasteiger charge is 2.14. The van der Waals surface area contributed by atoms with Crippen LogP contribution in [0.4, 0.5) is 0 Å². The van der Waals surface area contributed by atoms with Gasteiger partial charge in [0.2, 0.25) is 0 Å². The standard InChI is InChI=1S/C18H15ClN4O.2ClH/c19-14-9-15(10-1-5-12(6-2-10)17(20)21)24-16(14)11-3-7-13(8-4-11)18(22)23;;/h1-9H,(H3,20,21)(H3,22,23);2*1H. The molecular weight excluding hydrogens is 395 g/mol.